The fraction of sp³-hybridized carbons (Fsp3) is 0.615. The Morgan fingerprint density at radius 1 is 1.41 bits per heavy atom. The van der Waals surface area contributed by atoms with Crippen LogP contribution in [-0.2, 0) is 0 Å². The molecule has 1 unspecified atom stereocenters. The normalized spacial score (nSPS) is 16.4. The van der Waals surface area contributed by atoms with Crippen molar-refractivity contribution in [2.24, 2.45) is 5.92 Å². The molecule has 1 aliphatic carbocycles. The van der Waals surface area contributed by atoms with E-state index in [0.717, 1.165) is 23.6 Å². The smallest absolute Gasteiger partial charge is 0.167 e. The highest BCUT2D eigenvalue weighted by molar-refractivity contribution is 5.56. The van der Waals surface area contributed by atoms with E-state index in [0.29, 0.717) is 17.4 Å². The largest absolute Gasteiger partial charge is 0.365 e. The third-order valence-corrected chi connectivity index (χ3v) is 3.33. The number of rotatable bonds is 4. The second kappa shape index (κ2) is 4.70. The average Bonchev–Trinajstić information content (AvgIpc) is 3.08. The Morgan fingerprint density at radius 2 is 2.12 bits per heavy atom. The molecule has 90 valence electrons. The lowest BCUT2D eigenvalue weighted by atomic mass is 10.1. The molecule has 0 amide bonds. The first-order valence-electron chi connectivity index (χ1n) is 6.12. The molecule has 17 heavy (non-hydrogen) atoms. The van der Waals surface area contributed by atoms with E-state index in [-0.39, 0.29) is 0 Å². The van der Waals surface area contributed by atoms with Crippen LogP contribution in [0.25, 0.3) is 0 Å². The van der Waals surface area contributed by atoms with E-state index in [1.54, 1.807) is 0 Å². The van der Waals surface area contributed by atoms with Crippen molar-refractivity contribution in [2.75, 3.05) is 5.32 Å². The molecule has 1 aromatic heterocycles. The Labute approximate surface area is 102 Å². The van der Waals surface area contributed by atoms with E-state index in [9.17, 15) is 5.26 Å². The van der Waals surface area contributed by atoms with Gasteiger partial charge in [0.1, 0.15) is 11.6 Å². The number of hydrogen-bond donors (Lipinski definition) is 1. The van der Waals surface area contributed by atoms with Gasteiger partial charge < -0.3 is 5.32 Å². The third kappa shape index (κ3) is 2.73. The van der Waals surface area contributed by atoms with Gasteiger partial charge in [0.25, 0.3) is 0 Å². The second-order valence-corrected chi connectivity index (χ2v) is 4.97. The molecule has 1 aliphatic rings. The average molecular weight is 230 g/mol. The third-order valence-electron chi connectivity index (χ3n) is 3.33. The zero-order chi connectivity index (χ0) is 12.4. The SMILES string of the molecule is Cc1nnc(NC(C)CC2CC2)c(C#N)c1C. The lowest BCUT2D eigenvalue weighted by molar-refractivity contribution is 0.638. The Morgan fingerprint density at radius 3 is 2.71 bits per heavy atom. The van der Waals surface area contributed by atoms with Crippen molar-refractivity contribution in [3.63, 3.8) is 0 Å². The van der Waals surface area contributed by atoms with Gasteiger partial charge in [-0.05, 0) is 38.7 Å². The molecule has 4 heteroatoms. The zero-order valence-electron chi connectivity index (χ0n) is 10.6. The van der Waals surface area contributed by atoms with Crippen LogP contribution < -0.4 is 5.32 Å². The summed E-state index contributed by atoms with van der Waals surface area (Å²) >= 11 is 0. The van der Waals surface area contributed by atoms with E-state index in [4.69, 9.17) is 0 Å². The molecule has 0 radical (unpaired) electrons. The number of nitriles is 1. The van der Waals surface area contributed by atoms with E-state index in [1.807, 2.05) is 13.8 Å². The minimum Gasteiger partial charge on any atom is -0.365 e. The number of nitrogens with one attached hydrogen (secondary N) is 1. The predicted molar refractivity (Wildman–Crippen MR) is 66.6 cm³/mol. The van der Waals surface area contributed by atoms with E-state index in [1.165, 1.54) is 12.8 Å². The molecule has 1 fully saturated rings. The first kappa shape index (κ1) is 11.8. The number of anilines is 1. The molecule has 0 bridgehead atoms. The van der Waals surface area contributed by atoms with Crippen LogP contribution in [0.4, 0.5) is 5.82 Å². The molecule has 1 aromatic rings. The highest BCUT2D eigenvalue weighted by Crippen LogP contribution is 2.34. The van der Waals surface area contributed by atoms with Crippen molar-refractivity contribution in [1.82, 2.24) is 10.2 Å². The Bertz CT molecular complexity index is 457. The maximum Gasteiger partial charge on any atom is 0.167 e. The number of aryl methyl sites for hydroxylation is 1. The van der Waals surface area contributed by atoms with Crippen molar-refractivity contribution in [3.8, 4) is 6.07 Å². The van der Waals surface area contributed by atoms with E-state index >= 15 is 0 Å². The molecule has 0 aromatic carbocycles. The van der Waals surface area contributed by atoms with E-state index in [2.05, 4.69) is 28.5 Å². The molecule has 0 spiro atoms. The monoisotopic (exact) mass is 230 g/mol. The molecule has 4 nitrogen and oxygen atoms in total. The highest BCUT2D eigenvalue weighted by Gasteiger charge is 2.24. The van der Waals surface area contributed by atoms with Gasteiger partial charge in [0.15, 0.2) is 5.82 Å². The number of nitrogens with zero attached hydrogens (tertiary/aromatic N) is 3. The fourth-order valence-corrected chi connectivity index (χ4v) is 1.99. The van der Waals surface area contributed by atoms with Crippen molar-refractivity contribution in [3.05, 3.63) is 16.8 Å². The lowest BCUT2D eigenvalue weighted by Gasteiger charge is -2.15. The van der Waals surface area contributed by atoms with Gasteiger partial charge in [0, 0.05) is 6.04 Å². The van der Waals surface area contributed by atoms with Crippen molar-refractivity contribution < 1.29 is 0 Å². The van der Waals surface area contributed by atoms with Crippen LogP contribution in [0, 0.1) is 31.1 Å². The molecular formula is C13H18N4. The summed E-state index contributed by atoms with van der Waals surface area (Å²) in [4.78, 5) is 0. The van der Waals surface area contributed by atoms with Crippen molar-refractivity contribution in [1.29, 1.82) is 5.26 Å². The van der Waals surface area contributed by atoms with Crippen LogP contribution in [0.5, 0.6) is 0 Å². The molecular weight excluding hydrogens is 212 g/mol. The summed E-state index contributed by atoms with van der Waals surface area (Å²) in [7, 11) is 0. The summed E-state index contributed by atoms with van der Waals surface area (Å²) in [6.45, 7) is 5.93. The lowest BCUT2D eigenvalue weighted by Crippen LogP contribution is -2.18. The molecule has 1 heterocycles. The zero-order valence-corrected chi connectivity index (χ0v) is 10.6. The quantitative estimate of drug-likeness (QED) is 0.863. The van der Waals surface area contributed by atoms with Crippen LogP contribution in [-0.4, -0.2) is 16.2 Å². The Kier molecular flexibility index (Phi) is 3.28. The topological polar surface area (TPSA) is 61.6 Å². The van der Waals surface area contributed by atoms with Crippen LogP contribution in [0.15, 0.2) is 0 Å². The summed E-state index contributed by atoms with van der Waals surface area (Å²) in [6.07, 6.45) is 3.84. The summed E-state index contributed by atoms with van der Waals surface area (Å²) in [5.74, 6) is 1.49. The first-order valence-corrected chi connectivity index (χ1v) is 6.12. The van der Waals surface area contributed by atoms with Crippen LogP contribution >= 0.6 is 0 Å². The highest BCUT2D eigenvalue weighted by atomic mass is 15.2. The van der Waals surface area contributed by atoms with Crippen LogP contribution in [0.2, 0.25) is 0 Å². The molecule has 1 N–H and O–H groups in total. The molecule has 1 atom stereocenters. The standard InChI is InChI=1S/C13H18N4/c1-8(6-11-4-5-11)15-13-12(7-14)9(2)10(3)16-17-13/h8,11H,4-6H2,1-3H3,(H,15,17). The van der Waals surface area contributed by atoms with Gasteiger partial charge in [0.05, 0.1) is 5.69 Å². The summed E-state index contributed by atoms with van der Waals surface area (Å²) < 4.78 is 0. The van der Waals surface area contributed by atoms with Gasteiger partial charge in [-0.1, -0.05) is 12.8 Å². The number of aromatic nitrogens is 2. The van der Waals surface area contributed by atoms with Gasteiger partial charge in [-0.3, -0.25) is 0 Å². The molecule has 1 saturated carbocycles. The first-order chi connectivity index (χ1) is 8.11. The molecule has 0 aliphatic heterocycles. The van der Waals surface area contributed by atoms with Crippen LogP contribution in [0.3, 0.4) is 0 Å². The second-order valence-electron chi connectivity index (χ2n) is 4.97. The van der Waals surface area contributed by atoms with Gasteiger partial charge in [-0.2, -0.15) is 10.4 Å². The van der Waals surface area contributed by atoms with Crippen molar-refractivity contribution >= 4 is 5.82 Å². The Balaban J connectivity index is 2.14. The van der Waals surface area contributed by atoms with E-state index < -0.39 is 0 Å². The fourth-order valence-electron chi connectivity index (χ4n) is 1.99. The van der Waals surface area contributed by atoms with Gasteiger partial charge in [-0.15, -0.1) is 5.10 Å². The maximum atomic E-state index is 9.17. The van der Waals surface area contributed by atoms with Gasteiger partial charge in [-0.25, -0.2) is 0 Å². The van der Waals surface area contributed by atoms with Gasteiger partial charge >= 0.3 is 0 Å². The number of hydrogen-bond acceptors (Lipinski definition) is 4. The maximum absolute atomic E-state index is 9.17. The summed E-state index contributed by atoms with van der Waals surface area (Å²) in [6, 6.07) is 2.57. The minimum atomic E-state index is 0.353. The Hall–Kier alpha value is -1.63. The van der Waals surface area contributed by atoms with Crippen molar-refractivity contribution in [2.45, 2.75) is 46.1 Å². The minimum absolute atomic E-state index is 0.353. The summed E-state index contributed by atoms with van der Waals surface area (Å²) in [5.41, 5.74) is 2.37. The van der Waals surface area contributed by atoms with Gasteiger partial charge in [0.2, 0.25) is 0 Å². The molecule has 0 saturated heterocycles. The summed E-state index contributed by atoms with van der Waals surface area (Å²) in [5, 5.41) is 20.6. The molecule has 2 rings (SSSR count). The predicted octanol–water partition coefficient (Wildman–Crippen LogP) is 2.57. The van der Waals surface area contributed by atoms with Crippen LogP contribution in [0.1, 0.15) is 43.0 Å².